The molecule has 4 nitrogen and oxygen atoms in total. The first-order valence-corrected chi connectivity index (χ1v) is 5.03. The lowest BCUT2D eigenvalue weighted by Gasteiger charge is -2.00. The Kier molecular flexibility index (Phi) is 5.41. The highest BCUT2D eigenvalue weighted by atomic mass is 15.0. The second kappa shape index (κ2) is 7.23. The van der Waals surface area contributed by atoms with Gasteiger partial charge in [-0.05, 0) is 0 Å². The number of nitrogens with zero attached hydrogens (tertiary/aromatic N) is 3. The Labute approximate surface area is 95.4 Å². The number of H-pyrrole nitrogens is 1. The zero-order chi connectivity index (χ0) is 11.6. The van der Waals surface area contributed by atoms with Crippen molar-refractivity contribution in [2.45, 2.75) is 13.0 Å². The van der Waals surface area contributed by atoms with Crippen molar-refractivity contribution in [3.05, 3.63) is 62.2 Å². The van der Waals surface area contributed by atoms with Gasteiger partial charge in [0.25, 0.3) is 0 Å². The number of aromatic nitrogens is 4. The fourth-order valence-electron chi connectivity index (χ4n) is 1.18. The number of nitrogens with one attached hydrogen (secondary N) is 1. The van der Waals surface area contributed by atoms with E-state index in [1.165, 1.54) is 0 Å². The Bertz CT molecular complexity index is 359. The summed E-state index contributed by atoms with van der Waals surface area (Å²) in [7, 11) is 0. The smallest absolute Gasteiger partial charge is 0.112 e. The zero-order valence-corrected chi connectivity index (χ0v) is 9.21. The summed E-state index contributed by atoms with van der Waals surface area (Å²) in [6.45, 7) is 8.14. The van der Waals surface area contributed by atoms with Crippen molar-refractivity contribution in [3.8, 4) is 0 Å². The lowest BCUT2D eigenvalue weighted by Crippen LogP contribution is -1.99. The quantitative estimate of drug-likeness (QED) is 0.796. The van der Waals surface area contributed by atoms with Gasteiger partial charge in [-0.2, -0.15) is 0 Å². The minimum absolute atomic E-state index is 0.820. The number of rotatable bonds is 4. The van der Waals surface area contributed by atoms with Crippen molar-refractivity contribution in [2.24, 2.45) is 0 Å². The second-order valence-electron chi connectivity index (χ2n) is 3.04. The Morgan fingerprint density at radius 2 is 2.19 bits per heavy atom. The van der Waals surface area contributed by atoms with Gasteiger partial charge in [0.1, 0.15) is 5.82 Å². The van der Waals surface area contributed by atoms with E-state index in [0.29, 0.717) is 0 Å². The number of allylic oxidation sites excluding steroid dienone is 2. The molecule has 0 unspecified atom stereocenters. The molecule has 0 aliphatic heterocycles. The van der Waals surface area contributed by atoms with Crippen LogP contribution in [0.25, 0.3) is 0 Å². The van der Waals surface area contributed by atoms with E-state index in [1.807, 2.05) is 18.3 Å². The summed E-state index contributed by atoms with van der Waals surface area (Å²) in [6, 6.07) is 0. The average Bonchev–Trinajstić information content (AvgIpc) is 2.93. The summed E-state index contributed by atoms with van der Waals surface area (Å²) in [5.74, 6) is 1.04. The van der Waals surface area contributed by atoms with E-state index >= 15 is 0 Å². The van der Waals surface area contributed by atoms with Crippen LogP contribution in [0.4, 0.5) is 0 Å². The third-order valence-electron chi connectivity index (χ3n) is 1.86. The van der Waals surface area contributed by atoms with Crippen LogP contribution >= 0.6 is 0 Å². The number of hydrogen-bond acceptors (Lipinski definition) is 2. The Morgan fingerprint density at radius 3 is 2.69 bits per heavy atom. The number of aromatic amines is 1. The lowest BCUT2D eigenvalue weighted by atomic mass is 10.4. The second-order valence-corrected chi connectivity index (χ2v) is 3.04. The summed E-state index contributed by atoms with van der Waals surface area (Å²) in [6.07, 6.45) is 13.3. The molecule has 0 amide bonds. The van der Waals surface area contributed by atoms with E-state index < -0.39 is 0 Å². The highest BCUT2D eigenvalue weighted by Crippen LogP contribution is 1.98. The largest absolute Gasteiger partial charge is 0.351 e. The van der Waals surface area contributed by atoms with Crippen LogP contribution in [-0.2, 0) is 13.0 Å². The molecule has 0 radical (unpaired) electrons. The Hall–Kier alpha value is -2.10. The average molecular weight is 216 g/mol. The van der Waals surface area contributed by atoms with Gasteiger partial charge in [-0.25, -0.2) is 9.97 Å². The van der Waals surface area contributed by atoms with Crippen LogP contribution < -0.4 is 0 Å². The van der Waals surface area contributed by atoms with Crippen LogP contribution in [0.1, 0.15) is 5.82 Å². The van der Waals surface area contributed by atoms with Gasteiger partial charge < -0.3 is 9.55 Å². The van der Waals surface area contributed by atoms with E-state index in [4.69, 9.17) is 0 Å². The van der Waals surface area contributed by atoms with Crippen LogP contribution in [-0.4, -0.2) is 19.5 Å². The highest BCUT2D eigenvalue weighted by molar-refractivity contribution is 4.98. The molecule has 0 fully saturated rings. The monoisotopic (exact) mass is 216 g/mol. The molecule has 4 heteroatoms. The maximum Gasteiger partial charge on any atom is 0.112 e. The van der Waals surface area contributed by atoms with Gasteiger partial charge in [-0.1, -0.05) is 12.2 Å². The molecule has 0 aliphatic carbocycles. The summed E-state index contributed by atoms with van der Waals surface area (Å²) < 4.78 is 2.05. The molecule has 0 bridgehead atoms. The molecule has 2 aromatic rings. The normalized spacial score (nSPS) is 9.00. The van der Waals surface area contributed by atoms with Gasteiger partial charge in [-0.3, -0.25) is 0 Å². The summed E-state index contributed by atoms with van der Waals surface area (Å²) in [4.78, 5) is 10.6. The first-order chi connectivity index (χ1) is 7.88. The predicted molar refractivity (Wildman–Crippen MR) is 64.9 cm³/mol. The highest BCUT2D eigenvalue weighted by Gasteiger charge is 1.96. The molecule has 2 heterocycles. The van der Waals surface area contributed by atoms with Crippen molar-refractivity contribution in [2.75, 3.05) is 0 Å². The van der Waals surface area contributed by atoms with Gasteiger partial charge in [-0.15, -0.1) is 13.2 Å². The number of imidazole rings is 2. The zero-order valence-electron chi connectivity index (χ0n) is 9.21. The van der Waals surface area contributed by atoms with Crippen LogP contribution in [0, 0.1) is 0 Å². The molecule has 16 heavy (non-hydrogen) atoms. The maximum atomic E-state index is 4.17. The van der Waals surface area contributed by atoms with Crippen LogP contribution in [0.5, 0.6) is 0 Å². The van der Waals surface area contributed by atoms with E-state index in [0.717, 1.165) is 18.8 Å². The lowest BCUT2D eigenvalue weighted by molar-refractivity contribution is 0.763. The van der Waals surface area contributed by atoms with Gasteiger partial charge in [0.05, 0.1) is 6.33 Å². The summed E-state index contributed by atoms with van der Waals surface area (Å²) >= 11 is 0. The molecule has 0 atom stereocenters. The predicted octanol–water partition coefficient (Wildman–Crippen LogP) is 2.21. The fraction of sp³-hybridized carbons (Fsp3) is 0.167. The molecular formula is C12H16N4. The molecule has 84 valence electrons. The van der Waals surface area contributed by atoms with E-state index in [9.17, 15) is 0 Å². The SMILES string of the molecule is C=CCc1nccn1CC=C.c1c[nH]cn1. The fourth-order valence-corrected chi connectivity index (χ4v) is 1.18. The van der Waals surface area contributed by atoms with Gasteiger partial charge in [0.15, 0.2) is 0 Å². The van der Waals surface area contributed by atoms with Gasteiger partial charge >= 0.3 is 0 Å². The van der Waals surface area contributed by atoms with E-state index in [2.05, 4.69) is 32.7 Å². The van der Waals surface area contributed by atoms with Crippen molar-refractivity contribution in [1.82, 2.24) is 19.5 Å². The van der Waals surface area contributed by atoms with E-state index in [1.54, 1.807) is 24.9 Å². The van der Waals surface area contributed by atoms with Crippen LogP contribution in [0.3, 0.4) is 0 Å². The molecule has 0 saturated carbocycles. The summed E-state index contributed by atoms with van der Waals surface area (Å²) in [5, 5.41) is 0. The minimum atomic E-state index is 0.820. The first-order valence-electron chi connectivity index (χ1n) is 5.03. The van der Waals surface area contributed by atoms with Gasteiger partial charge in [0, 0.05) is 37.8 Å². The first kappa shape index (κ1) is 12.0. The molecular weight excluding hydrogens is 200 g/mol. The Balaban J connectivity index is 0.000000212. The molecule has 0 saturated heterocycles. The third kappa shape index (κ3) is 3.96. The molecule has 2 aromatic heterocycles. The molecule has 0 aromatic carbocycles. The standard InChI is InChI=1S/C9H12N2.C3H4N2/c1-3-5-9-10-6-8-11(9)7-4-2;1-2-5-3-4-1/h3-4,6,8H,1-2,5,7H2;1-3H,(H,4,5). The minimum Gasteiger partial charge on any atom is -0.351 e. The molecule has 2 rings (SSSR count). The van der Waals surface area contributed by atoms with Crippen LogP contribution in [0.15, 0.2) is 56.4 Å². The third-order valence-corrected chi connectivity index (χ3v) is 1.86. The van der Waals surface area contributed by atoms with Gasteiger partial charge in [0.2, 0.25) is 0 Å². The van der Waals surface area contributed by atoms with Crippen molar-refractivity contribution >= 4 is 0 Å². The Morgan fingerprint density at radius 1 is 1.31 bits per heavy atom. The topological polar surface area (TPSA) is 46.5 Å². The molecule has 1 N–H and O–H groups in total. The van der Waals surface area contributed by atoms with E-state index in [-0.39, 0.29) is 0 Å². The van der Waals surface area contributed by atoms with Crippen molar-refractivity contribution in [3.63, 3.8) is 0 Å². The summed E-state index contributed by atoms with van der Waals surface area (Å²) in [5.41, 5.74) is 0. The maximum absolute atomic E-state index is 4.17. The van der Waals surface area contributed by atoms with Crippen molar-refractivity contribution < 1.29 is 0 Å². The molecule has 0 spiro atoms. The van der Waals surface area contributed by atoms with Crippen LogP contribution in [0.2, 0.25) is 0 Å². The number of hydrogen-bond donors (Lipinski definition) is 1. The molecule has 0 aliphatic rings. The van der Waals surface area contributed by atoms with Crippen molar-refractivity contribution in [1.29, 1.82) is 0 Å².